The van der Waals surface area contributed by atoms with E-state index in [9.17, 15) is 4.79 Å². The van der Waals surface area contributed by atoms with Crippen LogP contribution >= 0.6 is 23.2 Å². The molecule has 2 heterocycles. The number of hydrogen-bond donors (Lipinski definition) is 2. The van der Waals surface area contributed by atoms with Crippen LogP contribution in [0.4, 0.5) is 11.8 Å². The minimum atomic E-state index is -0.108. The average Bonchev–Trinajstić information content (AvgIpc) is 2.84. The summed E-state index contributed by atoms with van der Waals surface area (Å²) in [5.74, 6) is 1.57. The zero-order valence-electron chi connectivity index (χ0n) is 19.6. The lowest BCUT2D eigenvalue weighted by molar-refractivity contribution is 0.351. The van der Waals surface area contributed by atoms with E-state index in [-0.39, 0.29) is 5.43 Å². The Kier molecular flexibility index (Phi) is 6.82. The van der Waals surface area contributed by atoms with Crippen molar-refractivity contribution in [2.45, 2.75) is 44.3 Å². The van der Waals surface area contributed by atoms with Gasteiger partial charge in [-0.15, -0.1) is 0 Å². The fourth-order valence-electron chi connectivity index (χ4n) is 4.67. The van der Waals surface area contributed by atoms with Crippen LogP contribution in [0.3, 0.4) is 0 Å². The van der Waals surface area contributed by atoms with Crippen LogP contribution in [0.15, 0.2) is 51.9 Å². The first-order chi connectivity index (χ1) is 16.9. The average molecular weight is 512 g/mol. The summed E-state index contributed by atoms with van der Waals surface area (Å²) in [7, 11) is 3.99. The molecule has 0 unspecified atom stereocenters. The summed E-state index contributed by atoms with van der Waals surface area (Å²) in [4.78, 5) is 24.4. The molecule has 0 bridgehead atoms. The Bertz CT molecular complexity index is 1430. The van der Waals surface area contributed by atoms with Crippen molar-refractivity contribution >= 4 is 56.8 Å². The van der Waals surface area contributed by atoms with Crippen LogP contribution in [-0.4, -0.2) is 36.1 Å². The number of aromatic nitrogens is 2. The van der Waals surface area contributed by atoms with Crippen molar-refractivity contribution in [3.05, 3.63) is 68.5 Å². The zero-order chi connectivity index (χ0) is 24.5. The van der Waals surface area contributed by atoms with Gasteiger partial charge in [-0.25, -0.2) is 4.98 Å². The molecule has 0 aliphatic heterocycles. The SMILES string of the molecule is CN(C)c1nc(N[C@H]2CC[C@@H](NCc3coc4c(Cl)cc(Cl)cc4c3=O)CC2)nc2ccccc12. The molecule has 7 nitrogen and oxygen atoms in total. The lowest BCUT2D eigenvalue weighted by Crippen LogP contribution is -2.37. The molecule has 1 aliphatic rings. The Hall–Kier alpha value is -2.87. The molecule has 5 rings (SSSR count). The van der Waals surface area contributed by atoms with Crippen molar-refractivity contribution < 1.29 is 4.42 Å². The molecule has 0 spiro atoms. The van der Waals surface area contributed by atoms with E-state index in [0.29, 0.717) is 51.2 Å². The second kappa shape index (κ2) is 10.0. The molecule has 0 atom stereocenters. The molecular formula is C26H27Cl2N5O2. The molecule has 2 N–H and O–H groups in total. The van der Waals surface area contributed by atoms with Crippen LogP contribution in [0, 0.1) is 0 Å². The number of benzene rings is 2. The number of nitrogens with one attached hydrogen (secondary N) is 2. The van der Waals surface area contributed by atoms with E-state index < -0.39 is 0 Å². The maximum absolute atomic E-state index is 12.9. The van der Waals surface area contributed by atoms with E-state index in [4.69, 9.17) is 37.6 Å². The molecule has 35 heavy (non-hydrogen) atoms. The van der Waals surface area contributed by atoms with Crippen LogP contribution in [0.5, 0.6) is 0 Å². The highest BCUT2D eigenvalue weighted by molar-refractivity contribution is 6.38. The van der Waals surface area contributed by atoms with Crippen LogP contribution in [0.25, 0.3) is 21.9 Å². The molecule has 1 saturated carbocycles. The van der Waals surface area contributed by atoms with Gasteiger partial charge in [-0.05, 0) is 49.9 Å². The van der Waals surface area contributed by atoms with Gasteiger partial charge in [-0.2, -0.15) is 4.98 Å². The lowest BCUT2D eigenvalue weighted by Gasteiger charge is -2.30. The highest BCUT2D eigenvalue weighted by Crippen LogP contribution is 2.28. The second-order valence-corrected chi connectivity index (χ2v) is 10.1. The second-order valence-electron chi connectivity index (χ2n) is 9.21. The van der Waals surface area contributed by atoms with E-state index in [2.05, 4.69) is 10.6 Å². The number of para-hydroxylation sites is 1. The number of nitrogens with zero attached hydrogens (tertiary/aromatic N) is 3. The van der Waals surface area contributed by atoms with E-state index in [0.717, 1.165) is 42.4 Å². The van der Waals surface area contributed by atoms with Crippen molar-refractivity contribution in [3.63, 3.8) is 0 Å². The van der Waals surface area contributed by atoms with E-state index in [1.54, 1.807) is 12.1 Å². The van der Waals surface area contributed by atoms with Crippen molar-refractivity contribution in [2.75, 3.05) is 24.3 Å². The van der Waals surface area contributed by atoms with Crippen LogP contribution in [-0.2, 0) is 6.54 Å². The molecule has 9 heteroatoms. The van der Waals surface area contributed by atoms with Crippen LogP contribution in [0.2, 0.25) is 10.0 Å². The van der Waals surface area contributed by atoms with E-state index >= 15 is 0 Å². The van der Waals surface area contributed by atoms with Crippen LogP contribution in [0.1, 0.15) is 31.2 Å². The quantitative estimate of drug-likeness (QED) is 0.347. The number of rotatable bonds is 6. The summed E-state index contributed by atoms with van der Waals surface area (Å²) in [6.07, 6.45) is 5.44. The Morgan fingerprint density at radius 3 is 2.54 bits per heavy atom. The van der Waals surface area contributed by atoms with E-state index in [1.165, 1.54) is 6.26 Å². The van der Waals surface area contributed by atoms with Crippen molar-refractivity contribution in [1.82, 2.24) is 15.3 Å². The first kappa shape index (κ1) is 23.9. The number of halogens is 2. The third kappa shape index (κ3) is 5.08. The normalized spacial score (nSPS) is 18.2. The third-order valence-electron chi connectivity index (χ3n) is 6.51. The van der Waals surface area contributed by atoms with Gasteiger partial charge in [0.25, 0.3) is 0 Å². The smallest absolute Gasteiger partial charge is 0.225 e. The number of fused-ring (bicyclic) bond motifs is 2. The van der Waals surface area contributed by atoms with E-state index in [1.807, 2.05) is 43.3 Å². The predicted molar refractivity (Wildman–Crippen MR) is 143 cm³/mol. The Morgan fingerprint density at radius 1 is 1.03 bits per heavy atom. The largest absolute Gasteiger partial charge is 0.462 e. The fraction of sp³-hybridized carbons (Fsp3) is 0.346. The van der Waals surface area contributed by atoms with Crippen molar-refractivity contribution in [3.8, 4) is 0 Å². The Morgan fingerprint density at radius 2 is 1.77 bits per heavy atom. The zero-order valence-corrected chi connectivity index (χ0v) is 21.2. The molecule has 1 fully saturated rings. The maximum Gasteiger partial charge on any atom is 0.225 e. The summed E-state index contributed by atoms with van der Waals surface area (Å²) in [6, 6.07) is 11.9. The Labute approximate surface area is 213 Å². The number of hydrogen-bond acceptors (Lipinski definition) is 7. The molecule has 182 valence electrons. The third-order valence-corrected chi connectivity index (χ3v) is 7.01. The maximum atomic E-state index is 12.9. The summed E-state index contributed by atoms with van der Waals surface area (Å²) < 4.78 is 5.63. The lowest BCUT2D eigenvalue weighted by atomic mass is 9.91. The summed E-state index contributed by atoms with van der Waals surface area (Å²) in [6.45, 7) is 0.436. The Balaban J connectivity index is 1.21. The van der Waals surface area contributed by atoms with Gasteiger partial charge in [0.2, 0.25) is 5.95 Å². The van der Waals surface area contributed by atoms with Crippen LogP contribution < -0.4 is 21.0 Å². The van der Waals surface area contributed by atoms with Gasteiger partial charge in [0.1, 0.15) is 5.82 Å². The highest BCUT2D eigenvalue weighted by atomic mass is 35.5. The monoisotopic (exact) mass is 511 g/mol. The van der Waals surface area contributed by atoms with Crippen molar-refractivity contribution in [2.24, 2.45) is 0 Å². The topological polar surface area (TPSA) is 83.3 Å². The standard InChI is InChI=1S/C26H27Cl2N5O2/c1-33(2)25-19-5-3-4-6-22(19)31-26(32-25)30-18-9-7-17(8-10-18)29-13-15-14-35-24-20(23(15)34)11-16(27)12-21(24)28/h3-6,11-12,14,17-18,29H,7-10,13H2,1-2H3,(H,30,31,32)/t17-,18+. The number of anilines is 2. The van der Waals surface area contributed by atoms with Gasteiger partial charge >= 0.3 is 0 Å². The first-order valence-electron chi connectivity index (χ1n) is 11.7. The van der Waals surface area contributed by atoms with Gasteiger partial charge in [0.15, 0.2) is 11.0 Å². The van der Waals surface area contributed by atoms with Gasteiger partial charge < -0.3 is 20.0 Å². The van der Waals surface area contributed by atoms with Gasteiger partial charge in [0, 0.05) is 48.7 Å². The summed E-state index contributed by atoms with van der Waals surface area (Å²) >= 11 is 12.2. The van der Waals surface area contributed by atoms with Gasteiger partial charge in [-0.3, -0.25) is 4.79 Å². The van der Waals surface area contributed by atoms with Gasteiger partial charge in [0.05, 0.1) is 22.2 Å². The molecule has 2 aromatic carbocycles. The summed E-state index contributed by atoms with van der Waals surface area (Å²) in [5.41, 5.74) is 1.76. The van der Waals surface area contributed by atoms with Gasteiger partial charge in [-0.1, -0.05) is 35.3 Å². The molecule has 1 aliphatic carbocycles. The highest BCUT2D eigenvalue weighted by Gasteiger charge is 2.22. The minimum Gasteiger partial charge on any atom is -0.462 e. The molecule has 4 aromatic rings. The van der Waals surface area contributed by atoms with Crippen molar-refractivity contribution in [1.29, 1.82) is 0 Å². The molecule has 2 aromatic heterocycles. The minimum absolute atomic E-state index is 0.108. The molecule has 0 radical (unpaired) electrons. The molecular weight excluding hydrogens is 485 g/mol. The molecule has 0 saturated heterocycles. The molecule has 0 amide bonds. The fourth-order valence-corrected chi connectivity index (χ4v) is 5.21. The predicted octanol–water partition coefficient (Wildman–Crippen LogP) is 5.62. The first-order valence-corrected chi connectivity index (χ1v) is 12.5. The summed E-state index contributed by atoms with van der Waals surface area (Å²) in [5, 5.41) is 9.25.